The van der Waals surface area contributed by atoms with Crippen molar-refractivity contribution in [3.8, 4) is 0 Å². The number of hydrogen-bond donors (Lipinski definition) is 0. The molecule has 1 fully saturated rings. The highest BCUT2D eigenvalue weighted by Crippen LogP contribution is 2.16. The zero-order valence-corrected chi connectivity index (χ0v) is 13.4. The van der Waals surface area contributed by atoms with Gasteiger partial charge in [0, 0.05) is 32.2 Å². The summed E-state index contributed by atoms with van der Waals surface area (Å²) in [6.45, 7) is 6.69. The number of thioether (sulfide) groups is 1. The summed E-state index contributed by atoms with van der Waals surface area (Å²) in [4.78, 5) is 16.5. The largest absolute Gasteiger partial charge is 0.466 e. The first-order valence-corrected chi connectivity index (χ1v) is 8.64. The summed E-state index contributed by atoms with van der Waals surface area (Å²) in [6.07, 6.45) is 4.96. The lowest BCUT2D eigenvalue weighted by Gasteiger charge is -2.37. The fourth-order valence-corrected chi connectivity index (χ4v) is 2.93. The third kappa shape index (κ3) is 6.63. The maximum Gasteiger partial charge on any atom is 0.307 e. The summed E-state index contributed by atoms with van der Waals surface area (Å²) in [6, 6.07) is 0.361. The number of hydrogen-bond acceptors (Lipinski definition) is 5. The lowest BCUT2D eigenvalue weighted by atomic mass is 10.1. The fraction of sp³-hybridized carbons (Fsp3) is 0.929. The Balaban J connectivity index is 2.45. The summed E-state index contributed by atoms with van der Waals surface area (Å²) >= 11 is 1.88. The third-order valence-electron chi connectivity index (χ3n) is 3.65. The number of likely N-dealkylation sites (N-methyl/N-ethyl adjacent to an activating group) is 1. The quantitative estimate of drug-likeness (QED) is 0.501. The molecule has 0 radical (unpaired) electrons. The molecule has 0 saturated carbocycles. The average molecular weight is 288 g/mol. The molecule has 0 bridgehead atoms. The Labute approximate surface area is 121 Å². The normalized spacial score (nSPS) is 19.3. The molecule has 1 aliphatic rings. The Bertz CT molecular complexity index is 256. The van der Waals surface area contributed by atoms with Gasteiger partial charge in [-0.3, -0.25) is 9.69 Å². The van der Waals surface area contributed by atoms with E-state index < -0.39 is 0 Å². The van der Waals surface area contributed by atoms with Gasteiger partial charge in [-0.1, -0.05) is 0 Å². The standard InChI is InChI=1S/C14H28N2O2S/c1-4-18-14(17)12-13(6-5-11-19-3)16-9-7-15(2)8-10-16/h13H,4-12H2,1-3H3. The minimum absolute atomic E-state index is 0.0458. The van der Waals surface area contributed by atoms with E-state index in [4.69, 9.17) is 4.74 Å². The highest BCUT2D eigenvalue weighted by molar-refractivity contribution is 7.98. The summed E-state index contributed by atoms with van der Waals surface area (Å²) in [5.41, 5.74) is 0. The van der Waals surface area contributed by atoms with E-state index in [0.717, 1.165) is 32.6 Å². The Morgan fingerprint density at radius 3 is 2.58 bits per heavy atom. The van der Waals surface area contributed by atoms with Gasteiger partial charge >= 0.3 is 5.97 Å². The van der Waals surface area contributed by atoms with Crippen LogP contribution in [0.25, 0.3) is 0 Å². The topological polar surface area (TPSA) is 32.8 Å². The van der Waals surface area contributed by atoms with Crippen LogP contribution < -0.4 is 0 Å². The lowest BCUT2D eigenvalue weighted by Crippen LogP contribution is -2.49. The van der Waals surface area contributed by atoms with E-state index in [2.05, 4.69) is 23.1 Å². The van der Waals surface area contributed by atoms with Crippen molar-refractivity contribution in [1.29, 1.82) is 0 Å². The van der Waals surface area contributed by atoms with E-state index in [1.165, 1.54) is 12.2 Å². The van der Waals surface area contributed by atoms with Crippen LogP contribution in [0.1, 0.15) is 26.2 Å². The number of carbonyl (C=O) groups excluding carboxylic acids is 1. The van der Waals surface area contributed by atoms with Crippen LogP contribution in [0.4, 0.5) is 0 Å². The summed E-state index contributed by atoms with van der Waals surface area (Å²) < 4.78 is 5.11. The zero-order valence-electron chi connectivity index (χ0n) is 12.6. The molecule has 0 N–H and O–H groups in total. The van der Waals surface area contributed by atoms with Crippen molar-refractivity contribution in [2.75, 3.05) is 51.8 Å². The second-order valence-corrected chi connectivity index (χ2v) is 6.12. The van der Waals surface area contributed by atoms with Gasteiger partial charge < -0.3 is 9.64 Å². The van der Waals surface area contributed by atoms with Crippen molar-refractivity contribution in [2.24, 2.45) is 0 Å². The molecule has 0 amide bonds. The van der Waals surface area contributed by atoms with Gasteiger partial charge in [0.15, 0.2) is 0 Å². The SMILES string of the molecule is CCOC(=O)CC(CCCSC)N1CCN(C)CC1. The minimum Gasteiger partial charge on any atom is -0.466 e. The number of ether oxygens (including phenoxy) is 1. The number of rotatable bonds is 8. The molecule has 0 aromatic carbocycles. The predicted octanol–water partition coefficient (Wildman–Crippen LogP) is 1.70. The van der Waals surface area contributed by atoms with E-state index in [1.807, 2.05) is 18.7 Å². The van der Waals surface area contributed by atoms with Crippen molar-refractivity contribution < 1.29 is 9.53 Å². The van der Waals surface area contributed by atoms with Crippen LogP contribution in [-0.4, -0.2) is 73.7 Å². The number of esters is 1. The van der Waals surface area contributed by atoms with Crippen LogP contribution in [0.3, 0.4) is 0 Å². The van der Waals surface area contributed by atoms with Crippen LogP contribution in [-0.2, 0) is 9.53 Å². The molecular weight excluding hydrogens is 260 g/mol. The first-order chi connectivity index (χ1) is 9.17. The third-order valence-corrected chi connectivity index (χ3v) is 4.34. The zero-order chi connectivity index (χ0) is 14.1. The van der Waals surface area contributed by atoms with Gasteiger partial charge in [0.25, 0.3) is 0 Å². The molecule has 0 aromatic heterocycles. The predicted molar refractivity (Wildman–Crippen MR) is 81.7 cm³/mol. The summed E-state index contributed by atoms with van der Waals surface area (Å²) in [5, 5.41) is 0. The monoisotopic (exact) mass is 288 g/mol. The van der Waals surface area contributed by atoms with Crippen molar-refractivity contribution in [2.45, 2.75) is 32.2 Å². The molecule has 0 aromatic rings. The van der Waals surface area contributed by atoms with Crippen LogP contribution in [0.15, 0.2) is 0 Å². The summed E-state index contributed by atoms with van der Waals surface area (Å²) in [7, 11) is 2.16. The van der Waals surface area contributed by atoms with Crippen LogP contribution in [0.5, 0.6) is 0 Å². The van der Waals surface area contributed by atoms with Crippen LogP contribution in [0.2, 0.25) is 0 Å². The van der Waals surface area contributed by atoms with Crippen LogP contribution >= 0.6 is 11.8 Å². The van der Waals surface area contributed by atoms with E-state index >= 15 is 0 Å². The molecule has 5 heteroatoms. The molecule has 1 unspecified atom stereocenters. The van der Waals surface area contributed by atoms with Crippen molar-refractivity contribution in [1.82, 2.24) is 9.80 Å². The molecule has 1 rings (SSSR count). The molecule has 19 heavy (non-hydrogen) atoms. The van der Waals surface area contributed by atoms with Crippen LogP contribution in [0, 0.1) is 0 Å². The number of nitrogens with zero attached hydrogens (tertiary/aromatic N) is 2. The minimum atomic E-state index is -0.0458. The van der Waals surface area contributed by atoms with Gasteiger partial charge in [-0.25, -0.2) is 0 Å². The fourth-order valence-electron chi connectivity index (χ4n) is 2.48. The molecule has 1 atom stereocenters. The van der Waals surface area contributed by atoms with E-state index in [0.29, 0.717) is 19.1 Å². The smallest absolute Gasteiger partial charge is 0.307 e. The van der Waals surface area contributed by atoms with E-state index in [-0.39, 0.29) is 5.97 Å². The Hall–Kier alpha value is -0.260. The maximum atomic E-state index is 11.7. The van der Waals surface area contributed by atoms with Gasteiger partial charge in [0.05, 0.1) is 13.0 Å². The Morgan fingerprint density at radius 2 is 2.00 bits per heavy atom. The molecule has 1 aliphatic heterocycles. The van der Waals surface area contributed by atoms with Gasteiger partial charge in [-0.2, -0.15) is 11.8 Å². The van der Waals surface area contributed by atoms with E-state index in [1.54, 1.807) is 0 Å². The molecule has 0 spiro atoms. The van der Waals surface area contributed by atoms with Gasteiger partial charge in [-0.05, 0) is 38.8 Å². The van der Waals surface area contributed by atoms with Crippen molar-refractivity contribution in [3.05, 3.63) is 0 Å². The maximum absolute atomic E-state index is 11.7. The first kappa shape index (κ1) is 16.8. The van der Waals surface area contributed by atoms with Gasteiger partial charge in [0.2, 0.25) is 0 Å². The van der Waals surface area contributed by atoms with E-state index in [9.17, 15) is 4.79 Å². The number of carbonyl (C=O) groups is 1. The van der Waals surface area contributed by atoms with Crippen molar-refractivity contribution in [3.63, 3.8) is 0 Å². The van der Waals surface area contributed by atoms with Crippen molar-refractivity contribution >= 4 is 17.7 Å². The Morgan fingerprint density at radius 1 is 1.32 bits per heavy atom. The molecule has 4 nitrogen and oxygen atoms in total. The molecular formula is C14H28N2O2S. The molecule has 1 heterocycles. The summed E-state index contributed by atoms with van der Waals surface area (Å²) in [5.74, 6) is 1.13. The number of piperazine rings is 1. The lowest BCUT2D eigenvalue weighted by molar-refractivity contribution is -0.144. The van der Waals surface area contributed by atoms with Gasteiger partial charge in [0.1, 0.15) is 0 Å². The average Bonchev–Trinajstić information content (AvgIpc) is 2.39. The Kier molecular flexibility index (Phi) is 8.50. The van der Waals surface area contributed by atoms with Gasteiger partial charge in [-0.15, -0.1) is 0 Å². The highest BCUT2D eigenvalue weighted by atomic mass is 32.2. The second-order valence-electron chi connectivity index (χ2n) is 5.14. The molecule has 1 saturated heterocycles. The molecule has 0 aliphatic carbocycles. The first-order valence-electron chi connectivity index (χ1n) is 7.24. The second kappa shape index (κ2) is 9.61. The molecule has 112 valence electrons. The highest BCUT2D eigenvalue weighted by Gasteiger charge is 2.24.